The molecule has 1 rings (SSSR count). The molecule has 238 valence electrons. The Kier molecular flexibility index (Phi) is 53.1. The minimum atomic E-state index is 1.02. The van der Waals surface area contributed by atoms with Gasteiger partial charge in [0, 0.05) is 0 Å². The minimum absolute atomic E-state index is 1.02. The summed E-state index contributed by atoms with van der Waals surface area (Å²) in [4.78, 5) is 0. The molecule has 1 N–H and O–H groups in total. The number of unbranched alkanes of at least 4 members (excludes halogenated alkanes) is 4. The van der Waals surface area contributed by atoms with Crippen molar-refractivity contribution in [1.29, 1.82) is 0 Å². The van der Waals surface area contributed by atoms with Gasteiger partial charge in [0.1, 0.15) is 0 Å². The van der Waals surface area contributed by atoms with Gasteiger partial charge in [0.05, 0.1) is 0 Å². The van der Waals surface area contributed by atoms with E-state index >= 15 is 0 Å². The van der Waals surface area contributed by atoms with Crippen molar-refractivity contribution >= 4 is 0 Å². The molecule has 0 aromatic carbocycles. The van der Waals surface area contributed by atoms with Crippen molar-refractivity contribution < 1.29 is 0 Å². The van der Waals surface area contributed by atoms with E-state index in [1.165, 1.54) is 87.3 Å². The van der Waals surface area contributed by atoms with Gasteiger partial charge < -0.3 is 5.32 Å². The molecule has 0 atom stereocenters. The fourth-order valence-corrected chi connectivity index (χ4v) is 3.41. The number of allylic oxidation sites excluding steroid dienone is 7. The molecule has 0 aromatic heterocycles. The van der Waals surface area contributed by atoms with Gasteiger partial charge >= 0.3 is 0 Å². The van der Waals surface area contributed by atoms with E-state index in [1.54, 1.807) is 12.4 Å². The van der Waals surface area contributed by atoms with Gasteiger partial charge in [0.25, 0.3) is 0 Å². The smallest absolute Gasteiger partial charge is 0.00679 e. The third-order valence-electron chi connectivity index (χ3n) is 6.57. The fourth-order valence-electron chi connectivity index (χ4n) is 3.41. The Labute approximate surface area is 256 Å². The van der Waals surface area contributed by atoms with Crippen LogP contribution in [0.2, 0.25) is 0 Å². The molecule has 0 heterocycles. The lowest BCUT2D eigenvalue weighted by atomic mass is 9.84. The normalized spacial score (nSPS) is 16.0. The Morgan fingerprint density at radius 3 is 1.45 bits per heavy atom. The van der Waals surface area contributed by atoms with Gasteiger partial charge in [-0.2, -0.15) is 0 Å². The Morgan fingerprint density at radius 1 is 0.725 bits per heavy atom. The number of hydrogen-bond donors (Lipinski definition) is 1. The van der Waals surface area contributed by atoms with Crippen molar-refractivity contribution in [3.8, 4) is 0 Å². The van der Waals surface area contributed by atoms with Gasteiger partial charge in [-0.25, -0.2) is 0 Å². The second-order valence-corrected chi connectivity index (χ2v) is 10.5. The van der Waals surface area contributed by atoms with Crippen molar-refractivity contribution in [2.75, 3.05) is 0 Å². The van der Waals surface area contributed by atoms with Crippen LogP contribution in [0.15, 0.2) is 73.2 Å². The lowest BCUT2D eigenvalue weighted by Crippen LogP contribution is -2.08. The van der Waals surface area contributed by atoms with E-state index in [-0.39, 0.29) is 0 Å². The van der Waals surface area contributed by atoms with E-state index in [0.717, 1.165) is 24.7 Å². The van der Waals surface area contributed by atoms with E-state index in [9.17, 15) is 0 Å². The molecule has 0 aromatic rings. The standard InChI is InChI=1S/C10H18.C10H20.C8H16.C5H10.C4H7N.C2H6/c1-5-8-10(7-3)9(4)6-2;1-3-5-7-9-10-8-6-4-2;1-7-3-5-8(2)6-4-7;1-4-5(2)3;1-3-5-4-2;1-2/h5,8H,6-7H2,1-4H3;7,9H,3-6,8,10H2,1-2H3;7-8H,3-6H2,1-2H3;2,4H2,1,3H3;3-5H,1-2H2;1-2H3/b8-5-,10-9+;9-7+;;;;. The molecule has 40 heavy (non-hydrogen) atoms. The molecule has 1 nitrogen and oxygen atoms in total. The van der Waals surface area contributed by atoms with E-state index in [0.29, 0.717) is 0 Å². The molecule has 0 radical (unpaired) electrons. The van der Waals surface area contributed by atoms with E-state index in [2.05, 4.69) is 112 Å². The summed E-state index contributed by atoms with van der Waals surface area (Å²) in [5.41, 5.74) is 4.26. The van der Waals surface area contributed by atoms with Crippen molar-refractivity contribution in [1.82, 2.24) is 5.32 Å². The van der Waals surface area contributed by atoms with Crippen LogP contribution >= 0.6 is 0 Å². The zero-order chi connectivity index (χ0) is 32.0. The van der Waals surface area contributed by atoms with Gasteiger partial charge in [0.15, 0.2) is 0 Å². The highest BCUT2D eigenvalue weighted by atomic mass is 14.8. The molecule has 0 saturated heterocycles. The predicted molar refractivity (Wildman–Crippen MR) is 193 cm³/mol. The van der Waals surface area contributed by atoms with Crippen LogP contribution in [0.3, 0.4) is 0 Å². The van der Waals surface area contributed by atoms with Crippen molar-refractivity contribution in [2.24, 2.45) is 11.8 Å². The largest absolute Gasteiger partial charge is 0.369 e. The van der Waals surface area contributed by atoms with Crippen LogP contribution in [-0.2, 0) is 0 Å². The molecule has 1 fully saturated rings. The van der Waals surface area contributed by atoms with Crippen molar-refractivity contribution in [2.45, 2.75) is 167 Å². The second-order valence-electron chi connectivity index (χ2n) is 10.5. The molecule has 0 aliphatic heterocycles. The molecule has 1 aliphatic rings. The maximum atomic E-state index is 3.67. The van der Waals surface area contributed by atoms with Crippen LogP contribution in [-0.4, -0.2) is 0 Å². The summed E-state index contributed by atoms with van der Waals surface area (Å²) in [7, 11) is 0. The number of rotatable bonds is 12. The van der Waals surface area contributed by atoms with Gasteiger partial charge in [-0.1, -0.05) is 156 Å². The molecular formula is C39H77N. The van der Waals surface area contributed by atoms with E-state index in [4.69, 9.17) is 0 Å². The minimum Gasteiger partial charge on any atom is -0.369 e. The highest BCUT2D eigenvalue weighted by Gasteiger charge is 2.13. The van der Waals surface area contributed by atoms with Gasteiger partial charge in [-0.05, 0) is 89.1 Å². The van der Waals surface area contributed by atoms with Crippen molar-refractivity contribution in [3.05, 3.63) is 73.2 Å². The van der Waals surface area contributed by atoms with Crippen molar-refractivity contribution in [3.63, 3.8) is 0 Å². The Hall–Kier alpha value is -1.76. The topological polar surface area (TPSA) is 12.0 Å². The lowest BCUT2D eigenvalue weighted by Gasteiger charge is -2.22. The highest BCUT2D eigenvalue weighted by Crippen LogP contribution is 2.27. The van der Waals surface area contributed by atoms with Gasteiger partial charge in [0.2, 0.25) is 0 Å². The summed E-state index contributed by atoms with van der Waals surface area (Å²) < 4.78 is 0. The van der Waals surface area contributed by atoms with E-state index in [1.807, 2.05) is 20.8 Å². The Balaban J connectivity index is -0.000000129. The van der Waals surface area contributed by atoms with Crippen LogP contribution in [0.25, 0.3) is 0 Å². The van der Waals surface area contributed by atoms with Crippen LogP contribution < -0.4 is 5.32 Å². The number of hydrogen-bond acceptors (Lipinski definition) is 1. The fraction of sp³-hybridized carbons (Fsp3) is 0.692. The molecule has 1 saturated carbocycles. The lowest BCUT2D eigenvalue weighted by molar-refractivity contribution is 0.308. The first kappa shape index (κ1) is 48.0. The second kappa shape index (κ2) is 44.3. The summed E-state index contributed by atoms with van der Waals surface area (Å²) in [6.07, 6.45) is 29.3. The summed E-state index contributed by atoms with van der Waals surface area (Å²) in [6.45, 7) is 36.4. The summed E-state index contributed by atoms with van der Waals surface area (Å²) in [6, 6.07) is 0. The molecule has 0 spiro atoms. The van der Waals surface area contributed by atoms with Crippen LogP contribution in [0.5, 0.6) is 0 Å². The average Bonchev–Trinajstić information content (AvgIpc) is 2.97. The van der Waals surface area contributed by atoms with Crippen LogP contribution in [0.4, 0.5) is 0 Å². The predicted octanol–water partition coefficient (Wildman–Crippen LogP) is 14.3. The molecule has 0 amide bonds. The highest BCUT2D eigenvalue weighted by molar-refractivity contribution is 5.23. The zero-order valence-corrected chi connectivity index (χ0v) is 29.9. The van der Waals surface area contributed by atoms with Gasteiger partial charge in [-0.3, -0.25) is 0 Å². The monoisotopic (exact) mass is 560 g/mol. The first-order valence-corrected chi connectivity index (χ1v) is 16.7. The SMILES string of the molecule is C/C=C\C(CC)=C(/C)CC.C=C(C)CC.C=CNC=C.CC.CC1CCC(C)CC1.CCC/C=C/CCCCC. The Bertz CT molecular complexity index is 566. The maximum Gasteiger partial charge on any atom is -0.00679 e. The molecule has 1 heteroatoms. The quantitative estimate of drug-likeness (QED) is 0.142. The molecule has 0 unspecified atom stereocenters. The third kappa shape index (κ3) is 49.2. The molecular weight excluding hydrogens is 482 g/mol. The van der Waals surface area contributed by atoms with Crippen LogP contribution in [0.1, 0.15) is 167 Å². The van der Waals surface area contributed by atoms with Gasteiger partial charge in [-0.15, -0.1) is 6.58 Å². The first-order valence-electron chi connectivity index (χ1n) is 16.7. The third-order valence-corrected chi connectivity index (χ3v) is 6.57. The first-order chi connectivity index (χ1) is 19.1. The average molecular weight is 560 g/mol. The Morgan fingerprint density at radius 2 is 1.18 bits per heavy atom. The molecule has 0 bridgehead atoms. The number of nitrogens with one attached hydrogen (secondary N) is 1. The molecule has 1 aliphatic carbocycles. The maximum absolute atomic E-state index is 3.67. The summed E-state index contributed by atoms with van der Waals surface area (Å²) in [5.74, 6) is 2.04. The van der Waals surface area contributed by atoms with E-state index < -0.39 is 0 Å². The zero-order valence-electron chi connectivity index (χ0n) is 29.9. The van der Waals surface area contributed by atoms with Crippen LogP contribution in [0, 0.1) is 11.8 Å². The summed E-state index contributed by atoms with van der Waals surface area (Å²) in [5, 5.41) is 2.64. The summed E-state index contributed by atoms with van der Waals surface area (Å²) >= 11 is 0.